The molecule has 0 saturated carbocycles. The number of aliphatic hydroxyl groups is 1. The van der Waals surface area contributed by atoms with Gasteiger partial charge < -0.3 is 20.7 Å². The summed E-state index contributed by atoms with van der Waals surface area (Å²) >= 11 is 11.8. The third-order valence-corrected chi connectivity index (χ3v) is 4.47. The minimum absolute atomic E-state index is 0.112. The number of pyridine rings is 1. The van der Waals surface area contributed by atoms with Crippen LogP contribution in [0.15, 0.2) is 47.8 Å². The van der Waals surface area contributed by atoms with Crippen LogP contribution < -0.4 is 10.6 Å². The predicted octanol–water partition coefficient (Wildman–Crippen LogP) is 4.23. The van der Waals surface area contributed by atoms with Gasteiger partial charge in [0.25, 0.3) is 5.91 Å². The fourth-order valence-corrected chi connectivity index (χ4v) is 3.00. The molecule has 0 spiro atoms. The van der Waals surface area contributed by atoms with Gasteiger partial charge in [-0.1, -0.05) is 49.2 Å². The number of carbonyl (C=O) groups excluding carboxylic acids is 1. The lowest BCUT2D eigenvalue weighted by Gasteiger charge is -2.22. The molecule has 0 atom stereocenters. The molecule has 158 valence electrons. The van der Waals surface area contributed by atoms with E-state index in [0.717, 1.165) is 29.0 Å². The second kappa shape index (κ2) is 11.3. The van der Waals surface area contributed by atoms with Crippen LogP contribution in [0.4, 0.5) is 5.82 Å². The highest BCUT2D eigenvalue weighted by atomic mass is 35.5. The topological polar surface area (TPSA) is 90.0 Å². The Labute approximate surface area is 188 Å². The van der Waals surface area contributed by atoms with Crippen LogP contribution in [-0.2, 0) is 0 Å². The number of halogens is 2. The van der Waals surface area contributed by atoms with Crippen LogP contribution in [0, 0.1) is 0 Å². The molecule has 0 aliphatic heterocycles. The number of amides is 1. The zero-order valence-electron chi connectivity index (χ0n) is 17.0. The number of carbonyl (C=O) groups is 1. The molecular weight excluding hydrogens is 422 g/mol. The van der Waals surface area contributed by atoms with Crippen molar-refractivity contribution in [1.29, 1.82) is 0 Å². The number of aromatic nitrogens is 2. The van der Waals surface area contributed by atoms with Gasteiger partial charge in [-0.05, 0) is 36.5 Å². The van der Waals surface area contributed by atoms with E-state index in [-0.39, 0.29) is 19.1 Å². The minimum atomic E-state index is -0.619. The first-order valence-corrected chi connectivity index (χ1v) is 10.3. The van der Waals surface area contributed by atoms with Crippen molar-refractivity contribution in [1.82, 2.24) is 15.3 Å². The van der Waals surface area contributed by atoms with E-state index >= 15 is 0 Å². The number of hydrogen-bond donors (Lipinski definition) is 4. The molecule has 1 amide bonds. The summed E-state index contributed by atoms with van der Waals surface area (Å²) < 4.78 is 0. The molecule has 3 rings (SSSR count). The molecule has 0 aromatic carbocycles. The lowest BCUT2D eigenvalue weighted by Crippen LogP contribution is -2.31. The Balaban J connectivity index is 0.000000386. The van der Waals surface area contributed by atoms with Gasteiger partial charge >= 0.3 is 0 Å². The van der Waals surface area contributed by atoms with Crippen LogP contribution in [0.1, 0.15) is 37.2 Å². The van der Waals surface area contributed by atoms with Crippen LogP contribution in [0.25, 0.3) is 11.1 Å². The molecule has 4 N–H and O–H groups in total. The monoisotopic (exact) mass is 446 g/mol. The van der Waals surface area contributed by atoms with Gasteiger partial charge in [0.05, 0.1) is 11.6 Å². The molecule has 9 heteroatoms. The third kappa shape index (κ3) is 7.90. The van der Waals surface area contributed by atoms with E-state index in [1.165, 1.54) is 6.20 Å². The highest BCUT2D eigenvalue weighted by Gasteiger charge is 2.14. The van der Waals surface area contributed by atoms with Crippen molar-refractivity contribution in [2.45, 2.75) is 32.1 Å². The maximum Gasteiger partial charge on any atom is 0.267 e. The van der Waals surface area contributed by atoms with Crippen molar-refractivity contribution in [2.75, 3.05) is 18.5 Å². The zero-order valence-corrected chi connectivity index (χ0v) is 18.5. The van der Waals surface area contributed by atoms with Crippen molar-refractivity contribution in [3.05, 3.63) is 58.5 Å². The molecule has 1 aliphatic carbocycles. The first-order chi connectivity index (χ1) is 14.2. The first kappa shape index (κ1) is 24.1. The van der Waals surface area contributed by atoms with Gasteiger partial charge in [0, 0.05) is 35.1 Å². The predicted molar refractivity (Wildman–Crippen MR) is 124 cm³/mol. The number of nitrogens with one attached hydrogen (secondary N) is 3. The van der Waals surface area contributed by atoms with Crippen LogP contribution in [0.5, 0.6) is 0 Å². The highest BCUT2D eigenvalue weighted by Crippen LogP contribution is 2.30. The van der Waals surface area contributed by atoms with Crippen LogP contribution >= 0.6 is 23.2 Å². The van der Waals surface area contributed by atoms with Gasteiger partial charge in [0.2, 0.25) is 0 Å². The maximum absolute atomic E-state index is 11.9. The number of aromatic amines is 1. The van der Waals surface area contributed by atoms with Gasteiger partial charge in [0.1, 0.15) is 19.4 Å². The molecule has 30 heavy (non-hydrogen) atoms. The molecule has 2 aromatic rings. The summed E-state index contributed by atoms with van der Waals surface area (Å²) in [5.41, 5.74) is 1.25. The van der Waals surface area contributed by atoms with Gasteiger partial charge in [-0.2, -0.15) is 0 Å². The van der Waals surface area contributed by atoms with Crippen molar-refractivity contribution >= 4 is 42.8 Å². The number of rotatable bonds is 6. The molecule has 2 heterocycles. The molecule has 6 nitrogen and oxygen atoms in total. The van der Waals surface area contributed by atoms with E-state index < -0.39 is 5.44 Å². The van der Waals surface area contributed by atoms with E-state index in [2.05, 4.69) is 26.7 Å². The molecule has 2 aromatic heterocycles. The molecular formula is C21H25BCl2N4O2. The summed E-state index contributed by atoms with van der Waals surface area (Å²) in [7, 11) is 5.92. The Bertz CT molecular complexity index is 920. The van der Waals surface area contributed by atoms with Crippen LogP contribution in [0.2, 0.25) is 5.02 Å². The average Bonchev–Trinajstić information content (AvgIpc) is 3.18. The zero-order chi connectivity index (χ0) is 22.1. The SMILES string of the molecule is ClC1=CCCC=C1.[B]C(C)(C)Nc1cc(-c2c[nH]c(C(=O)NCCO)c2)c(Cl)cn1. The molecule has 0 saturated heterocycles. The molecule has 2 radical (unpaired) electrons. The summed E-state index contributed by atoms with van der Waals surface area (Å²) in [4.78, 5) is 18.9. The van der Waals surface area contributed by atoms with Crippen LogP contribution in [-0.4, -0.2) is 47.4 Å². The van der Waals surface area contributed by atoms with Crippen LogP contribution in [0.3, 0.4) is 0 Å². The fourth-order valence-electron chi connectivity index (χ4n) is 2.59. The molecule has 0 fully saturated rings. The fraction of sp³-hybridized carbons (Fsp3) is 0.333. The number of nitrogens with zero attached hydrogens (tertiary/aromatic N) is 1. The number of allylic oxidation sites excluding steroid dienone is 4. The summed E-state index contributed by atoms with van der Waals surface area (Å²) in [5, 5.41) is 15.7. The van der Waals surface area contributed by atoms with E-state index in [4.69, 9.17) is 36.2 Å². The van der Waals surface area contributed by atoms with E-state index in [1.54, 1.807) is 18.3 Å². The smallest absolute Gasteiger partial charge is 0.267 e. The normalized spacial score (nSPS) is 13.2. The van der Waals surface area contributed by atoms with E-state index in [9.17, 15) is 4.79 Å². The third-order valence-electron chi connectivity index (χ3n) is 3.89. The highest BCUT2D eigenvalue weighted by molar-refractivity contribution is 6.33. The summed E-state index contributed by atoms with van der Waals surface area (Å²) in [5.74, 6) is 0.293. The van der Waals surface area contributed by atoms with E-state index in [1.807, 2.05) is 26.0 Å². The maximum atomic E-state index is 11.9. The average molecular weight is 447 g/mol. The van der Waals surface area contributed by atoms with Gasteiger partial charge in [-0.25, -0.2) is 4.98 Å². The number of hydrogen-bond acceptors (Lipinski definition) is 4. The lowest BCUT2D eigenvalue weighted by atomic mass is 9.82. The minimum Gasteiger partial charge on any atom is -0.395 e. The van der Waals surface area contributed by atoms with E-state index in [0.29, 0.717) is 16.5 Å². The number of anilines is 1. The Morgan fingerprint density at radius 1 is 1.33 bits per heavy atom. The van der Waals surface area contributed by atoms with Crippen molar-refractivity contribution in [2.24, 2.45) is 0 Å². The first-order valence-electron chi connectivity index (χ1n) is 9.52. The van der Waals surface area contributed by atoms with Crippen molar-refractivity contribution in [3.8, 4) is 11.1 Å². The summed E-state index contributed by atoms with van der Waals surface area (Å²) in [6.07, 6.45) is 11.5. The Kier molecular flexibility index (Phi) is 9.02. The lowest BCUT2D eigenvalue weighted by molar-refractivity contribution is 0.0940. The molecule has 0 bridgehead atoms. The number of H-pyrrole nitrogens is 1. The quantitative estimate of drug-likeness (QED) is 0.500. The Hall–Kier alpha value is -2.22. The molecule has 1 aliphatic rings. The summed E-state index contributed by atoms with van der Waals surface area (Å²) in [6, 6.07) is 3.46. The van der Waals surface area contributed by atoms with Gasteiger partial charge in [0.15, 0.2) is 0 Å². The van der Waals surface area contributed by atoms with Crippen molar-refractivity contribution < 1.29 is 9.90 Å². The summed E-state index contributed by atoms with van der Waals surface area (Å²) in [6.45, 7) is 3.73. The van der Waals surface area contributed by atoms with Crippen molar-refractivity contribution in [3.63, 3.8) is 0 Å². The van der Waals surface area contributed by atoms with Gasteiger partial charge in [-0.3, -0.25) is 4.79 Å². The molecule has 0 unspecified atom stereocenters. The largest absolute Gasteiger partial charge is 0.395 e. The second-order valence-electron chi connectivity index (χ2n) is 7.25. The second-order valence-corrected chi connectivity index (χ2v) is 8.09. The Morgan fingerprint density at radius 3 is 2.67 bits per heavy atom. The standard InChI is InChI=1S/C15H18BClN4O2.C6H7Cl/c1-15(2,16)21-13-6-10(11(17)8-20-13)9-5-12(19-7-9)14(23)18-3-4-22;7-6-4-2-1-3-5-6/h5-8,19,22H,3-4H2,1-2H3,(H,18,23)(H,20,21);2,4-5H,1,3H2. The number of aliphatic hydroxyl groups excluding tert-OH is 1. The Morgan fingerprint density at radius 2 is 2.10 bits per heavy atom. The van der Waals surface area contributed by atoms with Gasteiger partial charge in [-0.15, -0.1) is 0 Å².